The fourth-order valence-electron chi connectivity index (χ4n) is 5.86. The number of hydrogen-bond acceptors (Lipinski definition) is 1. The highest BCUT2D eigenvalue weighted by atomic mass is 19.1. The molecule has 0 unspecified atom stereocenters. The van der Waals surface area contributed by atoms with Crippen LogP contribution in [0.4, 0.5) is 10.1 Å². The molecule has 1 amide bonds. The van der Waals surface area contributed by atoms with Crippen molar-refractivity contribution in [3.63, 3.8) is 0 Å². The number of nitrogens with zero attached hydrogens (tertiary/aromatic N) is 1. The van der Waals surface area contributed by atoms with Crippen LogP contribution in [0.5, 0.6) is 0 Å². The summed E-state index contributed by atoms with van der Waals surface area (Å²) in [5, 5.41) is 0. The molecule has 0 radical (unpaired) electrons. The van der Waals surface area contributed by atoms with Crippen LogP contribution < -0.4 is 4.90 Å². The molecule has 0 spiro atoms. The Morgan fingerprint density at radius 3 is 2.27 bits per heavy atom. The normalized spacial score (nSPS) is 26.9. The van der Waals surface area contributed by atoms with Gasteiger partial charge in [0.25, 0.3) is 0 Å². The van der Waals surface area contributed by atoms with Crippen LogP contribution >= 0.6 is 0 Å². The van der Waals surface area contributed by atoms with E-state index < -0.39 is 0 Å². The maximum Gasteiger partial charge on any atom is 0.250 e. The Bertz CT molecular complexity index is 699. The molecule has 0 aliphatic heterocycles. The average molecular weight is 414 g/mol. The zero-order valence-electron chi connectivity index (χ0n) is 19.0. The third-order valence-electron chi connectivity index (χ3n) is 7.86. The van der Waals surface area contributed by atoms with Crippen molar-refractivity contribution in [3.8, 4) is 0 Å². The van der Waals surface area contributed by atoms with Crippen molar-refractivity contribution in [2.45, 2.75) is 89.9 Å². The van der Waals surface area contributed by atoms with Crippen LogP contribution in [0.1, 0.15) is 95.5 Å². The number of carbonyl (C=O) groups excluding carboxylic acids is 1. The lowest BCUT2D eigenvalue weighted by atomic mass is 9.68. The molecule has 0 saturated heterocycles. The molecule has 1 aromatic carbocycles. The van der Waals surface area contributed by atoms with Gasteiger partial charge in [0.2, 0.25) is 5.91 Å². The van der Waals surface area contributed by atoms with Crippen LogP contribution in [0, 0.1) is 23.6 Å². The van der Waals surface area contributed by atoms with Crippen molar-refractivity contribution in [3.05, 3.63) is 42.2 Å². The zero-order chi connectivity index (χ0) is 21.5. The van der Waals surface area contributed by atoms with Gasteiger partial charge < -0.3 is 4.90 Å². The Kier molecular flexibility index (Phi) is 8.53. The average Bonchev–Trinajstić information content (AvgIpc) is 2.79. The second-order valence-electron chi connectivity index (χ2n) is 9.70. The highest BCUT2D eigenvalue weighted by Crippen LogP contribution is 2.44. The number of unbranched alkanes of at least 4 members (excludes halogenated alkanes) is 2. The molecular formula is C27H40FNO. The summed E-state index contributed by atoms with van der Waals surface area (Å²) in [6.45, 7) is 5.77. The Morgan fingerprint density at radius 2 is 1.70 bits per heavy atom. The van der Waals surface area contributed by atoms with Crippen molar-refractivity contribution in [2.75, 3.05) is 11.9 Å². The first-order chi connectivity index (χ1) is 14.5. The van der Waals surface area contributed by atoms with E-state index in [1.807, 2.05) is 6.07 Å². The van der Waals surface area contributed by atoms with E-state index in [-0.39, 0.29) is 11.7 Å². The topological polar surface area (TPSA) is 20.3 Å². The van der Waals surface area contributed by atoms with Crippen molar-refractivity contribution in [1.29, 1.82) is 0 Å². The van der Waals surface area contributed by atoms with Gasteiger partial charge in [-0.25, -0.2) is 4.39 Å². The second-order valence-corrected chi connectivity index (χ2v) is 9.70. The molecule has 0 aromatic heterocycles. The zero-order valence-corrected chi connectivity index (χ0v) is 19.0. The molecular weight excluding hydrogens is 373 g/mol. The first-order valence-electron chi connectivity index (χ1n) is 12.2. The van der Waals surface area contributed by atoms with Crippen LogP contribution in [0.15, 0.2) is 30.9 Å². The molecule has 0 bridgehead atoms. The number of rotatable bonds is 8. The summed E-state index contributed by atoms with van der Waals surface area (Å²) in [4.78, 5) is 13.1. The van der Waals surface area contributed by atoms with Crippen LogP contribution in [0.2, 0.25) is 0 Å². The van der Waals surface area contributed by atoms with Gasteiger partial charge in [0.05, 0.1) is 5.69 Å². The van der Waals surface area contributed by atoms with Crippen molar-refractivity contribution >= 4 is 11.6 Å². The largest absolute Gasteiger partial charge is 0.309 e. The lowest BCUT2D eigenvalue weighted by Gasteiger charge is -2.38. The predicted molar refractivity (Wildman–Crippen MR) is 124 cm³/mol. The molecule has 30 heavy (non-hydrogen) atoms. The molecule has 3 rings (SSSR count). The fraction of sp³-hybridized carbons (Fsp3) is 0.667. The van der Waals surface area contributed by atoms with E-state index in [4.69, 9.17) is 0 Å². The quantitative estimate of drug-likeness (QED) is 0.317. The summed E-state index contributed by atoms with van der Waals surface area (Å²) >= 11 is 0. The van der Waals surface area contributed by atoms with Gasteiger partial charge >= 0.3 is 0 Å². The van der Waals surface area contributed by atoms with E-state index in [0.717, 1.165) is 23.3 Å². The van der Waals surface area contributed by atoms with Crippen LogP contribution in [0.3, 0.4) is 0 Å². The molecule has 166 valence electrons. The number of benzene rings is 1. The van der Waals surface area contributed by atoms with Gasteiger partial charge in [-0.05, 0) is 86.0 Å². The number of likely N-dealkylation sites (N-methyl/N-ethyl adjacent to an activating group) is 1. The third-order valence-corrected chi connectivity index (χ3v) is 7.86. The molecule has 3 heteroatoms. The van der Waals surface area contributed by atoms with Crippen molar-refractivity contribution in [1.82, 2.24) is 0 Å². The minimum absolute atomic E-state index is 0.290. The number of hydrogen-bond donors (Lipinski definition) is 0. The fourth-order valence-corrected chi connectivity index (χ4v) is 5.86. The molecule has 2 aliphatic carbocycles. The van der Waals surface area contributed by atoms with Crippen LogP contribution in [-0.2, 0) is 4.79 Å². The number of halogens is 1. The van der Waals surface area contributed by atoms with Gasteiger partial charge in [-0.2, -0.15) is 0 Å². The number of anilines is 1. The number of amides is 1. The van der Waals surface area contributed by atoms with Crippen molar-refractivity contribution < 1.29 is 9.18 Å². The highest BCUT2D eigenvalue weighted by Gasteiger charge is 2.31. The summed E-state index contributed by atoms with van der Waals surface area (Å²) < 4.78 is 14.6. The van der Waals surface area contributed by atoms with Crippen molar-refractivity contribution in [2.24, 2.45) is 17.8 Å². The molecule has 0 heterocycles. The van der Waals surface area contributed by atoms with E-state index in [2.05, 4.69) is 13.5 Å². The minimum atomic E-state index is -0.311. The van der Waals surface area contributed by atoms with Gasteiger partial charge in [-0.1, -0.05) is 58.1 Å². The van der Waals surface area contributed by atoms with Crippen LogP contribution in [0.25, 0.3) is 0 Å². The van der Waals surface area contributed by atoms with Crippen LogP contribution in [-0.4, -0.2) is 13.0 Å². The molecule has 0 N–H and O–H groups in total. The molecule has 2 saturated carbocycles. The van der Waals surface area contributed by atoms with Gasteiger partial charge in [0, 0.05) is 7.05 Å². The smallest absolute Gasteiger partial charge is 0.250 e. The minimum Gasteiger partial charge on any atom is -0.309 e. The standard InChI is InChI=1S/C27H40FNO/c1-4-6-7-8-20-9-11-21(12-10-20)22-13-15-23(16-14-22)24-17-18-26(25(28)19-24)29(3)27(30)5-2/h5,17-23H,2,4,6-16H2,1,3H3. The molecule has 1 aromatic rings. The molecule has 0 atom stereocenters. The molecule has 2 fully saturated rings. The highest BCUT2D eigenvalue weighted by molar-refractivity contribution is 6.00. The molecule has 2 aliphatic rings. The first-order valence-corrected chi connectivity index (χ1v) is 12.2. The third kappa shape index (κ3) is 5.74. The Morgan fingerprint density at radius 1 is 1.07 bits per heavy atom. The summed E-state index contributed by atoms with van der Waals surface area (Å²) in [5.74, 6) is 2.63. The summed E-state index contributed by atoms with van der Waals surface area (Å²) in [6.07, 6.45) is 17.5. The van der Waals surface area contributed by atoms with E-state index >= 15 is 0 Å². The van der Waals surface area contributed by atoms with Gasteiger partial charge in [-0.15, -0.1) is 0 Å². The lowest BCUT2D eigenvalue weighted by Crippen LogP contribution is -2.26. The Balaban J connectivity index is 1.48. The van der Waals surface area contributed by atoms with E-state index in [1.54, 1.807) is 19.2 Å². The monoisotopic (exact) mass is 413 g/mol. The number of carbonyl (C=O) groups is 1. The maximum atomic E-state index is 14.6. The SMILES string of the molecule is C=CC(=O)N(C)c1ccc(C2CCC(C3CCC(CCCCC)CC3)CC2)cc1F. The second kappa shape index (κ2) is 11.1. The first kappa shape index (κ1) is 23.0. The maximum absolute atomic E-state index is 14.6. The molecule has 2 nitrogen and oxygen atoms in total. The summed E-state index contributed by atoms with van der Waals surface area (Å²) in [5.41, 5.74) is 1.42. The van der Waals surface area contributed by atoms with Gasteiger partial charge in [0.1, 0.15) is 5.82 Å². The lowest BCUT2D eigenvalue weighted by molar-refractivity contribution is -0.113. The van der Waals surface area contributed by atoms with Gasteiger partial charge in [-0.3, -0.25) is 4.79 Å². The van der Waals surface area contributed by atoms with E-state index in [9.17, 15) is 9.18 Å². The van der Waals surface area contributed by atoms with Gasteiger partial charge in [0.15, 0.2) is 0 Å². The van der Waals surface area contributed by atoms with E-state index in [1.165, 1.54) is 88.0 Å². The summed E-state index contributed by atoms with van der Waals surface area (Å²) in [7, 11) is 1.59. The Hall–Kier alpha value is -1.64. The van der Waals surface area contributed by atoms with E-state index in [0.29, 0.717) is 11.6 Å². The Labute approximate surface area is 182 Å². The predicted octanol–water partition coefficient (Wildman–Crippen LogP) is 7.64. The summed E-state index contributed by atoms with van der Waals surface area (Å²) in [6, 6.07) is 5.41.